The summed E-state index contributed by atoms with van der Waals surface area (Å²) < 4.78 is 13.3. The Morgan fingerprint density at radius 2 is 2.07 bits per heavy atom. The Labute approximate surface area is 169 Å². The van der Waals surface area contributed by atoms with Crippen molar-refractivity contribution in [1.29, 1.82) is 0 Å². The van der Waals surface area contributed by atoms with Gasteiger partial charge in [-0.15, -0.1) is 0 Å². The fourth-order valence-electron chi connectivity index (χ4n) is 3.55. The maximum absolute atomic E-state index is 13.3. The number of rotatable bonds is 2. The molecule has 1 aliphatic rings. The van der Waals surface area contributed by atoms with Crippen LogP contribution in [0.3, 0.4) is 0 Å². The minimum atomic E-state index is -0.272. The minimum absolute atomic E-state index is 0.0890. The number of hydrogen-bond donors (Lipinski definition) is 1. The van der Waals surface area contributed by atoms with Crippen LogP contribution in [-0.4, -0.2) is 33.9 Å². The highest BCUT2D eigenvalue weighted by atomic mass is 19.1. The third-order valence-corrected chi connectivity index (χ3v) is 5.10. The van der Waals surface area contributed by atoms with Gasteiger partial charge in [-0.1, -0.05) is 17.6 Å². The molecule has 0 saturated carbocycles. The summed E-state index contributed by atoms with van der Waals surface area (Å²) in [5.74, 6) is 5.97. The molecule has 3 heterocycles. The molecule has 0 aliphatic carbocycles. The summed E-state index contributed by atoms with van der Waals surface area (Å²) >= 11 is 0. The van der Waals surface area contributed by atoms with Gasteiger partial charge < -0.3 is 9.88 Å². The number of aromatic amines is 1. The maximum atomic E-state index is 13.3. The summed E-state index contributed by atoms with van der Waals surface area (Å²) in [6.45, 7) is 3.35. The number of H-pyrrole nitrogens is 1. The van der Waals surface area contributed by atoms with Gasteiger partial charge in [0.05, 0.1) is 6.42 Å². The molecule has 0 bridgehead atoms. The molecule has 2 aromatic heterocycles. The number of aryl methyl sites for hydroxylation is 1. The number of nitrogens with zero attached hydrogens (tertiary/aromatic N) is 2. The van der Waals surface area contributed by atoms with Gasteiger partial charge in [0, 0.05) is 35.4 Å². The second kappa shape index (κ2) is 8.32. The Bertz CT molecular complexity index is 1140. The van der Waals surface area contributed by atoms with Crippen molar-refractivity contribution in [3.05, 3.63) is 77.0 Å². The SMILES string of the molecule is Cc1cccc(C#CC=C2CCN(C(=O)Cc3cc4cc(F)ccc4[nH]3)CC2)n1. The molecule has 146 valence electrons. The Hall–Kier alpha value is -3.39. The van der Waals surface area contributed by atoms with Crippen LogP contribution in [0, 0.1) is 24.6 Å². The van der Waals surface area contributed by atoms with E-state index in [0.717, 1.165) is 40.8 Å². The number of amides is 1. The van der Waals surface area contributed by atoms with Gasteiger partial charge in [-0.05, 0) is 68.2 Å². The summed E-state index contributed by atoms with van der Waals surface area (Å²) in [4.78, 5) is 22.1. The molecule has 1 aromatic carbocycles. The quantitative estimate of drug-likeness (QED) is 0.672. The Kier molecular flexibility index (Phi) is 5.44. The number of benzene rings is 1. The van der Waals surface area contributed by atoms with E-state index in [0.29, 0.717) is 19.5 Å². The van der Waals surface area contributed by atoms with E-state index < -0.39 is 0 Å². The number of fused-ring (bicyclic) bond motifs is 1. The summed E-state index contributed by atoms with van der Waals surface area (Å²) in [5, 5.41) is 0.790. The monoisotopic (exact) mass is 387 g/mol. The van der Waals surface area contributed by atoms with Crippen LogP contribution in [0.4, 0.5) is 4.39 Å². The van der Waals surface area contributed by atoms with E-state index in [9.17, 15) is 9.18 Å². The number of likely N-dealkylation sites (tertiary alicyclic amines) is 1. The van der Waals surface area contributed by atoms with Gasteiger partial charge in [0.1, 0.15) is 11.5 Å². The molecule has 1 aliphatic heterocycles. The van der Waals surface area contributed by atoms with Gasteiger partial charge in [0.25, 0.3) is 0 Å². The molecule has 5 heteroatoms. The van der Waals surface area contributed by atoms with Gasteiger partial charge in [0.15, 0.2) is 0 Å². The van der Waals surface area contributed by atoms with Gasteiger partial charge in [-0.25, -0.2) is 9.37 Å². The van der Waals surface area contributed by atoms with Crippen LogP contribution in [0.25, 0.3) is 10.9 Å². The lowest BCUT2D eigenvalue weighted by Gasteiger charge is -2.28. The first-order valence-corrected chi connectivity index (χ1v) is 9.75. The average Bonchev–Trinajstić information content (AvgIpc) is 3.10. The average molecular weight is 387 g/mol. The summed E-state index contributed by atoms with van der Waals surface area (Å²) in [7, 11) is 0. The number of carbonyl (C=O) groups is 1. The van der Waals surface area contributed by atoms with E-state index in [1.54, 1.807) is 6.07 Å². The number of aromatic nitrogens is 2. The molecule has 1 saturated heterocycles. The Morgan fingerprint density at radius 1 is 1.24 bits per heavy atom. The highest BCUT2D eigenvalue weighted by Crippen LogP contribution is 2.20. The zero-order valence-electron chi connectivity index (χ0n) is 16.3. The number of nitrogens with one attached hydrogen (secondary N) is 1. The van der Waals surface area contributed by atoms with E-state index in [-0.39, 0.29) is 11.7 Å². The molecule has 4 nitrogen and oxygen atoms in total. The second-order valence-electron chi connectivity index (χ2n) is 7.32. The molecular weight excluding hydrogens is 365 g/mol. The Balaban J connectivity index is 1.33. The molecule has 0 radical (unpaired) electrons. The van der Waals surface area contributed by atoms with Crippen LogP contribution in [-0.2, 0) is 11.2 Å². The van der Waals surface area contributed by atoms with Gasteiger partial charge in [-0.2, -0.15) is 0 Å². The molecule has 1 amide bonds. The predicted molar refractivity (Wildman–Crippen MR) is 112 cm³/mol. The fourth-order valence-corrected chi connectivity index (χ4v) is 3.55. The standard InChI is InChI=1S/C24H22FN3O/c1-17-4-2-6-21(26-17)7-3-5-18-10-12-28(13-11-18)24(29)16-22-15-19-14-20(25)8-9-23(19)27-22/h2,4-6,8-9,14-15,27H,10-13,16H2,1H3. The lowest BCUT2D eigenvalue weighted by atomic mass is 10.0. The van der Waals surface area contributed by atoms with Gasteiger partial charge in [0.2, 0.25) is 5.91 Å². The Morgan fingerprint density at radius 3 is 2.86 bits per heavy atom. The number of piperidine rings is 1. The molecule has 0 unspecified atom stereocenters. The van der Waals surface area contributed by atoms with E-state index in [1.165, 1.54) is 17.7 Å². The van der Waals surface area contributed by atoms with Crippen molar-refractivity contribution in [1.82, 2.24) is 14.9 Å². The van der Waals surface area contributed by atoms with Crippen molar-refractivity contribution >= 4 is 16.8 Å². The molecule has 3 aromatic rings. The number of hydrogen-bond acceptors (Lipinski definition) is 2. The van der Waals surface area contributed by atoms with Crippen molar-refractivity contribution in [2.24, 2.45) is 0 Å². The highest BCUT2D eigenvalue weighted by molar-refractivity contribution is 5.84. The van der Waals surface area contributed by atoms with Gasteiger partial charge >= 0.3 is 0 Å². The normalized spacial score (nSPS) is 13.9. The van der Waals surface area contributed by atoms with Crippen LogP contribution >= 0.6 is 0 Å². The molecule has 1 N–H and O–H groups in total. The van der Waals surface area contributed by atoms with Crippen LogP contribution in [0.15, 0.2) is 54.1 Å². The first-order chi connectivity index (χ1) is 14.1. The van der Waals surface area contributed by atoms with Crippen molar-refractivity contribution < 1.29 is 9.18 Å². The summed E-state index contributed by atoms with van der Waals surface area (Å²) in [6, 6.07) is 12.2. The summed E-state index contributed by atoms with van der Waals surface area (Å²) in [5.41, 5.74) is 4.65. The lowest BCUT2D eigenvalue weighted by molar-refractivity contribution is -0.130. The number of carbonyl (C=O) groups excluding carboxylic acids is 1. The van der Waals surface area contributed by atoms with Crippen LogP contribution in [0.1, 0.15) is 29.9 Å². The maximum Gasteiger partial charge on any atom is 0.228 e. The number of halogens is 1. The molecule has 1 fully saturated rings. The largest absolute Gasteiger partial charge is 0.358 e. The zero-order chi connectivity index (χ0) is 20.2. The van der Waals surface area contributed by atoms with Crippen molar-refractivity contribution in [3.63, 3.8) is 0 Å². The van der Waals surface area contributed by atoms with E-state index in [2.05, 4.69) is 21.8 Å². The number of allylic oxidation sites excluding steroid dienone is 1. The van der Waals surface area contributed by atoms with Crippen LogP contribution in [0.2, 0.25) is 0 Å². The van der Waals surface area contributed by atoms with Gasteiger partial charge in [-0.3, -0.25) is 4.79 Å². The molecule has 4 rings (SSSR count). The molecule has 0 spiro atoms. The minimum Gasteiger partial charge on any atom is -0.358 e. The first-order valence-electron chi connectivity index (χ1n) is 9.75. The van der Waals surface area contributed by atoms with Crippen LogP contribution in [0.5, 0.6) is 0 Å². The second-order valence-corrected chi connectivity index (χ2v) is 7.32. The smallest absolute Gasteiger partial charge is 0.228 e. The molecule has 0 atom stereocenters. The molecular formula is C24H22FN3O. The molecule has 29 heavy (non-hydrogen) atoms. The third kappa shape index (κ3) is 4.72. The van der Waals surface area contributed by atoms with E-state index in [1.807, 2.05) is 42.2 Å². The highest BCUT2D eigenvalue weighted by Gasteiger charge is 2.19. The van der Waals surface area contributed by atoms with E-state index >= 15 is 0 Å². The zero-order valence-corrected chi connectivity index (χ0v) is 16.3. The van der Waals surface area contributed by atoms with Crippen LogP contribution < -0.4 is 0 Å². The third-order valence-electron chi connectivity index (χ3n) is 5.10. The van der Waals surface area contributed by atoms with Crippen molar-refractivity contribution in [3.8, 4) is 11.8 Å². The van der Waals surface area contributed by atoms with Crippen molar-refractivity contribution in [2.75, 3.05) is 13.1 Å². The first kappa shape index (κ1) is 18.9. The summed E-state index contributed by atoms with van der Waals surface area (Å²) in [6.07, 6.45) is 3.92. The van der Waals surface area contributed by atoms with E-state index in [4.69, 9.17) is 0 Å². The lowest BCUT2D eigenvalue weighted by Crippen LogP contribution is -2.37. The predicted octanol–water partition coefficient (Wildman–Crippen LogP) is 4.15. The topological polar surface area (TPSA) is 49.0 Å². The number of pyridine rings is 1. The fraction of sp³-hybridized carbons (Fsp3) is 0.250. The van der Waals surface area contributed by atoms with Crippen molar-refractivity contribution in [2.45, 2.75) is 26.2 Å².